The van der Waals surface area contributed by atoms with Gasteiger partial charge in [0, 0.05) is 0 Å². The first kappa shape index (κ1) is 8.14. The van der Waals surface area contributed by atoms with E-state index in [-0.39, 0.29) is 5.82 Å². The van der Waals surface area contributed by atoms with Crippen LogP contribution in [0.2, 0.25) is 0 Å². The SMILES string of the molecule is Cc1nc([C@@H](C)O)ccc1F. The summed E-state index contributed by atoms with van der Waals surface area (Å²) in [5, 5.41) is 9.05. The van der Waals surface area contributed by atoms with Gasteiger partial charge in [0.2, 0.25) is 0 Å². The average Bonchev–Trinajstić information content (AvgIpc) is 1.94. The lowest BCUT2D eigenvalue weighted by Crippen LogP contribution is -1.98. The normalized spacial score (nSPS) is 13.1. The summed E-state index contributed by atoms with van der Waals surface area (Å²) < 4.78 is 12.6. The number of halogens is 1. The van der Waals surface area contributed by atoms with Gasteiger partial charge in [-0.05, 0) is 26.0 Å². The largest absolute Gasteiger partial charge is 0.387 e. The molecule has 1 aromatic heterocycles. The van der Waals surface area contributed by atoms with E-state index in [0.29, 0.717) is 11.4 Å². The molecule has 0 unspecified atom stereocenters. The lowest BCUT2D eigenvalue weighted by Gasteiger charge is -2.03. The van der Waals surface area contributed by atoms with Crippen LogP contribution in [-0.2, 0) is 0 Å². The fraction of sp³-hybridized carbons (Fsp3) is 0.375. The smallest absolute Gasteiger partial charge is 0.144 e. The summed E-state index contributed by atoms with van der Waals surface area (Å²) in [5.41, 5.74) is 0.826. The summed E-state index contributed by atoms with van der Waals surface area (Å²) in [6.45, 7) is 3.17. The number of hydrogen-bond acceptors (Lipinski definition) is 2. The van der Waals surface area contributed by atoms with Crippen molar-refractivity contribution in [2.24, 2.45) is 0 Å². The number of aromatic nitrogens is 1. The number of aliphatic hydroxyl groups is 1. The maximum absolute atomic E-state index is 12.6. The van der Waals surface area contributed by atoms with Crippen LogP contribution in [0.25, 0.3) is 0 Å². The number of rotatable bonds is 1. The topological polar surface area (TPSA) is 33.1 Å². The molecule has 0 aliphatic carbocycles. The standard InChI is InChI=1S/C8H10FNO/c1-5-7(9)3-4-8(10-5)6(2)11/h3-4,6,11H,1-2H3/t6-/m1/s1. The minimum atomic E-state index is -0.630. The Kier molecular flexibility index (Phi) is 2.19. The van der Waals surface area contributed by atoms with Crippen LogP contribution >= 0.6 is 0 Å². The van der Waals surface area contributed by atoms with Crippen molar-refractivity contribution in [1.29, 1.82) is 0 Å². The molecule has 0 aliphatic heterocycles. The third-order valence-corrected chi connectivity index (χ3v) is 1.47. The lowest BCUT2D eigenvalue weighted by atomic mass is 10.2. The first-order valence-corrected chi connectivity index (χ1v) is 3.42. The maximum atomic E-state index is 12.6. The second kappa shape index (κ2) is 2.96. The van der Waals surface area contributed by atoms with Gasteiger partial charge in [0.25, 0.3) is 0 Å². The predicted molar refractivity (Wildman–Crippen MR) is 39.6 cm³/mol. The highest BCUT2D eigenvalue weighted by atomic mass is 19.1. The van der Waals surface area contributed by atoms with Gasteiger partial charge < -0.3 is 5.11 Å². The molecule has 0 aliphatic rings. The minimum absolute atomic E-state index is 0.323. The molecule has 1 rings (SSSR count). The van der Waals surface area contributed by atoms with Crippen molar-refractivity contribution in [1.82, 2.24) is 4.98 Å². The number of pyridine rings is 1. The molecule has 0 amide bonds. The predicted octanol–water partition coefficient (Wildman–Crippen LogP) is 1.58. The number of aliphatic hydroxyl groups excluding tert-OH is 1. The summed E-state index contributed by atoms with van der Waals surface area (Å²) in [7, 11) is 0. The Morgan fingerprint density at radius 2 is 2.18 bits per heavy atom. The van der Waals surface area contributed by atoms with Crippen LogP contribution in [0.5, 0.6) is 0 Å². The Bertz CT molecular complexity index is 260. The van der Waals surface area contributed by atoms with E-state index in [0.717, 1.165) is 0 Å². The van der Waals surface area contributed by atoms with Crippen molar-refractivity contribution in [2.75, 3.05) is 0 Å². The molecule has 2 nitrogen and oxygen atoms in total. The second-order valence-electron chi connectivity index (χ2n) is 2.48. The zero-order chi connectivity index (χ0) is 8.43. The summed E-state index contributed by atoms with van der Waals surface area (Å²) in [6.07, 6.45) is -0.630. The first-order valence-electron chi connectivity index (χ1n) is 3.42. The quantitative estimate of drug-likeness (QED) is 0.668. The Morgan fingerprint density at radius 1 is 1.55 bits per heavy atom. The van der Waals surface area contributed by atoms with Crippen molar-refractivity contribution in [3.8, 4) is 0 Å². The van der Waals surface area contributed by atoms with Gasteiger partial charge in [-0.15, -0.1) is 0 Å². The van der Waals surface area contributed by atoms with Gasteiger partial charge in [0.15, 0.2) is 0 Å². The fourth-order valence-corrected chi connectivity index (χ4v) is 0.796. The molecule has 0 fully saturated rings. The van der Waals surface area contributed by atoms with Gasteiger partial charge >= 0.3 is 0 Å². The molecule has 1 atom stereocenters. The van der Waals surface area contributed by atoms with Crippen LogP contribution in [0.3, 0.4) is 0 Å². The van der Waals surface area contributed by atoms with Gasteiger partial charge in [-0.25, -0.2) is 4.39 Å². The molecule has 0 bridgehead atoms. The molecule has 0 aromatic carbocycles. The Morgan fingerprint density at radius 3 is 2.64 bits per heavy atom. The number of nitrogens with zero attached hydrogens (tertiary/aromatic N) is 1. The molecule has 0 saturated carbocycles. The van der Waals surface area contributed by atoms with E-state index in [1.54, 1.807) is 13.8 Å². The van der Waals surface area contributed by atoms with Crippen LogP contribution in [0.1, 0.15) is 24.4 Å². The van der Waals surface area contributed by atoms with E-state index >= 15 is 0 Å². The van der Waals surface area contributed by atoms with Gasteiger partial charge in [-0.3, -0.25) is 4.98 Å². The highest BCUT2D eigenvalue weighted by Crippen LogP contribution is 2.11. The molecule has 3 heteroatoms. The van der Waals surface area contributed by atoms with Crippen molar-refractivity contribution < 1.29 is 9.50 Å². The fourth-order valence-electron chi connectivity index (χ4n) is 0.796. The highest BCUT2D eigenvalue weighted by Gasteiger charge is 2.04. The Balaban J connectivity index is 3.05. The Labute approximate surface area is 64.7 Å². The van der Waals surface area contributed by atoms with Crippen LogP contribution in [0.15, 0.2) is 12.1 Å². The van der Waals surface area contributed by atoms with E-state index in [2.05, 4.69) is 4.98 Å². The molecule has 1 heterocycles. The third kappa shape index (κ3) is 1.74. The van der Waals surface area contributed by atoms with E-state index in [4.69, 9.17) is 5.11 Å². The van der Waals surface area contributed by atoms with E-state index in [1.165, 1.54) is 12.1 Å². The second-order valence-corrected chi connectivity index (χ2v) is 2.48. The van der Waals surface area contributed by atoms with Gasteiger partial charge in [0.1, 0.15) is 5.82 Å². The molecule has 0 spiro atoms. The monoisotopic (exact) mass is 155 g/mol. The highest BCUT2D eigenvalue weighted by molar-refractivity contribution is 5.13. The summed E-state index contributed by atoms with van der Waals surface area (Å²) in [6, 6.07) is 2.79. The molecule has 0 saturated heterocycles. The molecule has 11 heavy (non-hydrogen) atoms. The first-order chi connectivity index (χ1) is 5.11. The maximum Gasteiger partial charge on any atom is 0.144 e. The number of hydrogen-bond donors (Lipinski definition) is 1. The van der Waals surface area contributed by atoms with E-state index in [1.807, 2.05) is 0 Å². The molecule has 1 aromatic rings. The Hall–Kier alpha value is -0.960. The van der Waals surface area contributed by atoms with Crippen molar-refractivity contribution in [2.45, 2.75) is 20.0 Å². The van der Waals surface area contributed by atoms with Crippen LogP contribution in [0.4, 0.5) is 4.39 Å². The summed E-state index contributed by atoms with van der Waals surface area (Å²) in [5.74, 6) is -0.339. The number of aryl methyl sites for hydroxylation is 1. The van der Waals surface area contributed by atoms with E-state index < -0.39 is 6.10 Å². The summed E-state index contributed by atoms with van der Waals surface area (Å²) >= 11 is 0. The molecular weight excluding hydrogens is 145 g/mol. The lowest BCUT2D eigenvalue weighted by molar-refractivity contribution is 0.194. The van der Waals surface area contributed by atoms with Gasteiger partial charge in [-0.1, -0.05) is 0 Å². The molecular formula is C8H10FNO. The average molecular weight is 155 g/mol. The van der Waals surface area contributed by atoms with Crippen LogP contribution in [0, 0.1) is 12.7 Å². The van der Waals surface area contributed by atoms with Crippen LogP contribution in [-0.4, -0.2) is 10.1 Å². The molecule has 60 valence electrons. The molecule has 1 N–H and O–H groups in total. The van der Waals surface area contributed by atoms with Crippen molar-refractivity contribution in [3.05, 3.63) is 29.3 Å². The summed E-state index contributed by atoms with van der Waals surface area (Å²) in [4.78, 5) is 3.85. The van der Waals surface area contributed by atoms with Crippen molar-refractivity contribution in [3.63, 3.8) is 0 Å². The minimum Gasteiger partial charge on any atom is -0.387 e. The van der Waals surface area contributed by atoms with Crippen molar-refractivity contribution >= 4 is 0 Å². The third-order valence-electron chi connectivity index (χ3n) is 1.47. The van der Waals surface area contributed by atoms with Crippen LogP contribution < -0.4 is 0 Å². The van der Waals surface area contributed by atoms with Gasteiger partial charge in [0.05, 0.1) is 17.5 Å². The zero-order valence-electron chi connectivity index (χ0n) is 6.50. The van der Waals surface area contributed by atoms with E-state index in [9.17, 15) is 4.39 Å². The van der Waals surface area contributed by atoms with Gasteiger partial charge in [-0.2, -0.15) is 0 Å². The zero-order valence-corrected chi connectivity index (χ0v) is 6.50. The molecule has 0 radical (unpaired) electrons.